The Morgan fingerprint density at radius 1 is 1.50 bits per heavy atom. The summed E-state index contributed by atoms with van der Waals surface area (Å²) in [5.41, 5.74) is 0.860. The maximum absolute atomic E-state index is 9.30. The largest absolute Gasteiger partial charge is 0.389 e. The Kier molecular flexibility index (Phi) is 3.89. The Hall–Kier alpha value is -1.09. The van der Waals surface area contributed by atoms with Gasteiger partial charge in [-0.25, -0.2) is 4.98 Å². The van der Waals surface area contributed by atoms with E-state index in [0.717, 1.165) is 24.3 Å². The molecule has 14 heavy (non-hydrogen) atoms. The lowest BCUT2D eigenvalue weighted by atomic mass is 10.2. The van der Waals surface area contributed by atoms with Gasteiger partial charge in [0.1, 0.15) is 5.82 Å². The van der Waals surface area contributed by atoms with E-state index in [9.17, 15) is 5.11 Å². The molecule has 0 saturated heterocycles. The second-order valence-corrected chi connectivity index (χ2v) is 3.55. The molecule has 0 spiro atoms. The average molecular weight is 194 g/mol. The number of aromatic nitrogens is 1. The van der Waals surface area contributed by atoms with Crippen LogP contribution < -0.4 is 4.90 Å². The first-order valence-electron chi connectivity index (χ1n) is 5.00. The van der Waals surface area contributed by atoms with Gasteiger partial charge in [-0.05, 0) is 25.0 Å². The molecule has 0 amide bonds. The first-order valence-corrected chi connectivity index (χ1v) is 5.00. The summed E-state index contributed by atoms with van der Waals surface area (Å²) in [5, 5.41) is 9.30. The van der Waals surface area contributed by atoms with Gasteiger partial charge in [0, 0.05) is 19.8 Å². The molecular formula is C11H18N2O. The second kappa shape index (κ2) is 4.96. The summed E-state index contributed by atoms with van der Waals surface area (Å²) in [4.78, 5) is 6.39. The third-order valence-corrected chi connectivity index (χ3v) is 2.20. The summed E-state index contributed by atoms with van der Waals surface area (Å²) in [6.45, 7) is 4.88. The molecule has 1 rings (SSSR count). The number of aliphatic hydroxyl groups excluding tert-OH is 1. The number of aliphatic hydroxyl groups is 1. The molecular weight excluding hydrogens is 176 g/mol. The Morgan fingerprint density at radius 2 is 2.21 bits per heavy atom. The van der Waals surface area contributed by atoms with E-state index in [-0.39, 0.29) is 0 Å². The third-order valence-electron chi connectivity index (χ3n) is 2.20. The fourth-order valence-electron chi connectivity index (χ4n) is 1.32. The molecule has 0 unspecified atom stereocenters. The van der Waals surface area contributed by atoms with E-state index >= 15 is 0 Å². The molecule has 0 aliphatic rings. The van der Waals surface area contributed by atoms with Crippen molar-refractivity contribution in [2.24, 2.45) is 0 Å². The summed E-state index contributed by atoms with van der Waals surface area (Å²) in [6.07, 6.45) is 2.40. The van der Waals surface area contributed by atoms with Crippen molar-refractivity contribution < 1.29 is 5.11 Å². The minimum atomic E-state index is -0.437. The Bertz CT molecular complexity index is 269. The Balaban J connectivity index is 2.72. The lowest BCUT2D eigenvalue weighted by Gasteiger charge is -2.17. The van der Waals surface area contributed by atoms with Crippen molar-refractivity contribution >= 4 is 5.82 Å². The van der Waals surface area contributed by atoms with Gasteiger partial charge in [0.05, 0.1) is 6.10 Å². The number of pyridine rings is 1. The van der Waals surface area contributed by atoms with E-state index in [4.69, 9.17) is 0 Å². The molecule has 1 aromatic rings. The first kappa shape index (κ1) is 11.0. The predicted molar refractivity (Wildman–Crippen MR) is 58.4 cm³/mol. The summed E-state index contributed by atoms with van der Waals surface area (Å²) < 4.78 is 0. The molecule has 0 radical (unpaired) electrons. The highest BCUT2D eigenvalue weighted by Gasteiger charge is 2.03. The second-order valence-electron chi connectivity index (χ2n) is 3.55. The highest BCUT2D eigenvalue weighted by atomic mass is 16.3. The third kappa shape index (κ3) is 2.70. The maximum Gasteiger partial charge on any atom is 0.128 e. The van der Waals surface area contributed by atoms with E-state index in [0.29, 0.717) is 0 Å². The summed E-state index contributed by atoms with van der Waals surface area (Å²) in [6, 6.07) is 3.86. The Morgan fingerprint density at radius 3 is 2.64 bits per heavy atom. The predicted octanol–water partition coefficient (Wildman–Crippen LogP) is 1.98. The lowest BCUT2D eigenvalue weighted by Crippen LogP contribution is -2.18. The van der Waals surface area contributed by atoms with Gasteiger partial charge >= 0.3 is 0 Å². The monoisotopic (exact) mass is 194 g/mol. The minimum Gasteiger partial charge on any atom is -0.389 e. The average Bonchev–Trinajstić information content (AvgIpc) is 2.18. The minimum absolute atomic E-state index is 0.437. The van der Waals surface area contributed by atoms with Crippen LogP contribution in [0.25, 0.3) is 0 Å². The van der Waals surface area contributed by atoms with Gasteiger partial charge < -0.3 is 10.0 Å². The van der Waals surface area contributed by atoms with Crippen molar-refractivity contribution in [2.45, 2.75) is 26.4 Å². The van der Waals surface area contributed by atoms with Crippen LogP contribution >= 0.6 is 0 Å². The number of nitrogens with zero attached hydrogens (tertiary/aromatic N) is 2. The maximum atomic E-state index is 9.30. The van der Waals surface area contributed by atoms with E-state index in [2.05, 4.69) is 16.8 Å². The molecule has 3 heteroatoms. The van der Waals surface area contributed by atoms with Crippen molar-refractivity contribution in [3.05, 3.63) is 23.9 Å². The van der Waals surface area contributed by atoms with Crippen LogP contribution in [-0.2, 0) is 0 Å². The summed E-state index contributed by atoms with van der Waals surface area (Å²) in [5.74, 6) is 0.955. The van der Waals surface area contributed by atoms with E-state index in [1.54, 1.807) is 13.1 Å². The van der Waals surface area contributed by atoms with E-state index in [1.165, 1.54) is 0 Å². The molecule has 0 fully saturated rings. The number of hydrogen-bond acceptors (Lipinski definition) is 3. The van der Waals surface area contributed by atoms with Crippen LogP contribution in [0.1, 0.15) is 31.9 Å². The quantitative estimate of drug-likeness (QED) is 0.796. The fraction of sp³-hybridized carbons (Fsp3) is 0.545. The van der Waals surface area contributed by atoms with Gasteiger partial charge in [-0.2, -0.15) is 0 Å². The van der Waals surface area contributed by atoms with Gasteiger partial charge in [-0.3, -0.25) is 0 Å². The van der Waals surface area contributed by atoms with Gasteiger partial charge in [-0.1, -0.05) is 13.0 Å². The molecule has 78 valence electrons. The van der Waals surface area contributed by atoms with Crippen LogP contribution in [0.3, 0.4) is 0 Å². The highest BCUT2D eigenvalue weighted by molar-refractivity contribution is 5.38. The molecule has 0 aliphatic heterocycles. The van der Waals surface area contributed by atoms with Crippen molar-refractivity contribution in [2.75, 3.05) is 18.5 Å². The zero-order chi connectivity index (χ0) is 10.6. The van der Waals surface area contributed by atoms with Gasteiger partial charge in [0.25, 0.3) is 0 Å². The SMILES string of the molecule is CCCN(C)c1ccc([C@@H](C)O)cn1. The van der Waals surface area contributed by atoms with Crippen molar-refractivity contribution in [3.63, 3.8) is 0 Å². The van der Waals surface area contributed by atoms with Crippen LogP contribution in [0.5, 0.6) is 0 Å². The normalized spacial score (nSPS) is 12.6. The van der Waals surface area contributed by atoms with Crippen LogP contribution in [0.4, 0.5) is 5.82 Å². The molecule has 0 aliphatic carbocycles. The van der Waals surface area contributed by atoms with E-state index in [1.807, 2.05) is 19.2 Å². The van der Waals surface area contributed by atoms with Crippen LogP contribution in [-0.4, -0.2) is 23.7 Å². The van der Waals surface area contributed by atoms with Gasteiger partial charge in [0.15, 0.2) is 0 Å². The lowest BCUT2D eigenvalue weighted by molar-refractivity contribution is 0.199. The summed E-state index contributed by atoms with van der Waals surface area (Å²) in [7, 11) is 2.02. The zero-order valence-corrected chi connectivity index (χ0v) is 9.07. The highest BCUT2D eigenvalue weighted by Crippen LogP contribution is 2.14. The zero-order valence-electron chi connectivity index (χ0n) is 9.07. The molecule has 0 saturated carbocycles. The first-order chi connectivity index (χ1) is 6.65. The van der Waals surface area contributed by atoms with Crippen LogP contribution in [0.2, 0.25) is 0 Å². The smallest absolute Gasteiger partial charge is 0.128 e. The van der Waals surface area contributed by atoms with E-state index < -0.39 is 6.10 Å². The van der Waals surface area contributed by atoms with Gasteiger partial charge in [-0.15, -0.1) is 0 Å². The van der Waals surface area contributed by atoms with Crippen molar-refractivity contribution in [1.82, 2.24) is 4.98 Å². The molecule has 3 nitrogen and oxygen atoms in total. The standard InChI is InChI=1S/C11H18N2O/c1-4-7-13(3)11-6-5-10(8-12-11)9(2)14/h5-6,8-9,14H,4,7H2,1-3H3/t9-/m1/s1. The molecule has 1 aromatic heterocycles. The topological polar surface area (TPSA) is 36.4 Å². The summed E-state index contributed by atoms with van der Waals surface area (Å²) >= 11 is 0. The van der Waals surface area contributed by atoms with Crippen LogP contribution in [0, 0.1) is 0 Å². The Labute approximate surface area is 85.4 Å². The van der Waals surface area contributed by atoms with Crippen LogP contribution in [0.15, 0.2) is 18.3 Å². The fourth-order valence-corrected chi connectivity index (χ4v) is 1.32. The molecule has 0 aromatic carbocycles. The number of anilines is 1. The molecule has 1 heterocycles. The van der Waals surface area contributed by atoms with Gasteiger partial charge in [0.2, 0.25) is 0 Å². The number of hydrogen-bond donors (Lipinski definition) is 1. The van der Waals surface area contributed by atoms with Crippen molar-refractivity contribution in [1.29, 1.82) is 0 Å². The molecule has 0 bridgehead atoms. The van der Waals surface area contributed by atoms with Crippen molar-refractivity contribution in [3.8, 4) is 0 Å². The number of rotatable bonds is 4. The molecule has 1 atom stereocenters. The molecule has 1 N–H and O–H groups in total.